The van der Waals surface area contributed by atoms with Gasteiger partial charge in [0.2, 0.25) is 11.8 Å². The standard InChI is InChI=1S/C16H23N3O2/c1-16(2,15(21)17-3)10-19-14(20)13-8-11-6-4-5-7-12(11)9-18-13/h4-7,13,18H,8-10H2,1-3H3,(H,17,21)(H,19,20)/t13-/m0/s1. The SMILES string of the molecule is CNC(=O)C(C)(C)CNC(=O)[C@@H]1Cc2ccccc2CN1. The largest absolute Gasteiger partial charge is 0.359 e. The third-order valence-corrected chi connectivity index (χ3v) is 3.94. The van der Waals surface area contributed by atoms with E-state index in [2.05, 4.69) is 28.1 Å². The second-order valence-electron chi connectivity index (χ2n) is 6.09. The molecule has 1 atom stereocenters. The van der Waals surface area contributed by atoms with E-state index < -0.39 is 5.41 Å². The van der Waals surface area contributed by atoms with Crippen molar-refractivity contribution in [2.45, 2.75) is 32.9 Å². The molecule has 5 heteroatoms. The predicted molar refractivity (Wildman–Crippen MR) is 81.6 cm³/mol. The Bertz CT molecular complexity index is 540. The van der Waals surface area contributed by atoms with Crippen molar-refractivity contribution < 1.29 is 9.59 Å². The minimum absolute atomic E-state index is 0.0542. The summed E-state index contributed by atoms with van der Waals surface area (Å²) in [6.07, 6.45) is 0.683. The summed E-state index contributed by atoms with van der Waals surface area (Å²) in [7, 11) is 1.60. The molecule has 0 unspecified atom stereocenters. The number of carbonyl (C=O) groups is 2. The summed E-state index contributed by atoms with van der Waals surface area (Å²) < 4.78 is 0. The molecule has 5 nitrogen and oxygen atoms in total. The second kappa shape index (κ2) is 6.26. The summed E-state index contributed by atoms with van der Waals surface area (Å²) in [5.41, 5.74) is 1.84. The fraction of sp³-hybridized carbons (Fsp3) is 0.500. The van der Waals surface area contributed by atoms with Crippen LogP contribution in [-0.2, 0) is 22.6 Å². The van der Waals surface area contributed by atoms with Crippen LogP contribution in [0, 0.1) is 5.41 Å². The van der Waals surface area contributed by atoms with E-state index in [1.165, 1.54) is 11.1 Å². The van der Waals surface area contributed by atoms with Crippen molar-refractivity contribution >= 4 is 11.8 Å². The molecular formula is C16H23N3O2. The van der Waals surface area contributed by atoms with Gasteiger partial charge in [-0.25, -0.2) is 0 Å². The van der Waals surface area contributed by atoms with Crippen LogP contribution in [0.15, 0.2) is 24.3 Å². The van der Waals surface area contributed by atoms with Crippen LogP contribution in [0.25, 0.3) is 0 Å². The zero-order valence-electron chi connectivity index (χ0n) is 12.8. The molecule has 114 valence electrons. The highest BCUT2D eigenvalue weighted by Crippen LogP contribution is 2.17. The van der Waals surface area contributed by atoms with Gasteiger partial charge in [-0.2, -0.15) is 0 Å². The lowest BCUT2D eigenvalue weighted by Crippen LogP contribution is -2.51. The Morgan fingerprint density at radius 2 is 1.95 bits per heavy atom. The molecule has 0 radical (unpaired) electrons. The van der Waals surface area contributed by atoms with Gasteiger partial charge in [0.25, 0.3) is 0 Å². The van der Waals surface area contributed by atoms with Crippen molar-refractivity contribution in [3.8, 4) is 0 Å². The van der Waals surface area contributed by atoms with Crippen molar-refractivity contribution in [3.63, 3.8) is 0 Å². The van der Waals surface area contributed by atoms with Crippen LogP contribution in [0.2, 0.25) is 0 Å². The molecule has 0 aromatic heterocycles. The van der Waals surface area contributed by atoms with Crippen molar-refractivity contribution in [3.05, 3.63) is 35.4 Å². The third kappa shape index (κ3) is 3.61. The van der Waals surface area contributed by atoms with Crippen molar-refractivity contribution in [1.82, 2.24) is 16.0 Å². The van der Waals surface area contributed by atoms with Gasteiger partial charge in [-0.3, -0.25) is 9.59 Å². The number of hydrogen-bond acceptors (Lipinski definition) is 3. The topological polar surface area (TPSA) is 70.2 Å². The Morgan fingerprint density at radius 1 is 1.29 bits per heavy atom. The lowest BCUT2D eigenvalue weighted by Gasteiger charge is -2.28. The zero-order chi connectivity index (χ0) is 15.5. The highest BCUT2D eigenvalue weighted by Gasteiger charge is 2.29. The van der Waals surface area contributed by atoms with Gasteiger partial charge in [-0.1, -0.05) is 24.3 Å². The van der Waals surface area contributed by atoms with E-state index in [1.807, 2.05) is 26.0 Å². The Labute approximate surface area is 125 Å². The van der Waals surface area contributed by atoms with Gasteiger partial charge < -0.3 is 16.0 Å². The number of nitrogens with one attached hydrogen (secondary N) is 3. The number of benzene rings is 1. The molecule has 3 N–H and O–H groups in total. The first-order chi connectivity index (χ1) is 9.94. The zero-order valence-corrected chi connectivity index (χ0v) is 12.8. The van der Waals surface area contributed by atoms with E-state index in [1.54, 1.807) is 7.05 Å². The van der Waals surface area contributed by atoms with Crippen molar-refractivity contribution in [2.24, 2.45) is 5.41 Å². The third-order valence-electron chi connectivity index (χ3n) is 3.94. The fourth-order valence-corrected chi connectivity index (χ4v) is 2.49. The molecule has 0 fully saturated rings. The van der Waals surface area contributed by atoms with Crippen molar-refractivity contribution in [1.29, 1.82) is 0 Å². The quantitative estimate of drug-likeness (QED) is 0.760. The van der Waals surface area contributed by atoms with E-state index in [-0.39, 0.29) is 17.9 Å². The van der Waals surface area contributed by atoms with E-state index in [0.717, 1.165) is 0 Å². The Kier molecular flexibility index (Phi) is 4.63. The summed E-state index contributed by atoms with van der Waals surface area (Å²) in [6.45, 7) is 4.66. The van der Waals surface area contributed by atoms with Gasteiger partial charge in [0, 0.05) is 20.1 Å². The van der Waals surface area contributed by atoms with Crippen molar-refractivity contribution in [2.75, 3.05) is 13.6 Å². The maximum atomic E-state index is 12.3. The van der Waals surface area contributed by atoms with Crippen LogP contribution in [0.1, 0.15) is 25.0 Å². The highest BCUT2D eigenvalue weighted by molar-refractivity contribution is 5.85. The Balaban J connectivity index is 1.92. The molecule has 1 aliphatic heterocycles. The fourth-order valence-electron chi connectivity index (χ4n) is 2.49. The summed E-state index contributed by atoms with van der Waals surface area (Å²) in [6, 6.07) is 7.90. The molecule has 21 heavy (non-hydrogen) atoms. The molecule has 0 saturated carbocycles. The lowest BCUT2D eigenvalue weighted by atomic mass is 9.91. The van der Waals surface area contributed by atoms with Crippen LogP contribution in [0.4, 0.5) is 0 Å². The normalized spacial score (nSPS) is 17.8. The average molecular weight is 289 g/mol. The van der Waals surface area contributed by atoms with Crippen LogP contribution >= 0.6 is 0 Å². The monoisotopic (exact) mass is 289 g/mol. The molecule has 2 amide bonds. The van der Waals surface area contributed by atoms with Gasteiger partial charge in [-0.15, -0.1) is 0 Å². The highest BCUT2D eigenvalue weighted by atomic mass is 16.2. The first-order valence-electron chi connectivity index (χ1n) is 7.24. The van der Waals surface area contributed by atoms with Crippen LogP contribution in [0.5, 0.6) is 0 Å². The van der Waals surface area contributed by atoms with Crippen LogP contribution in [-0.4, -0.2) is 31.4 Å². The minimum Gasteiger partial charge on any atom is -0.359 e. The van der Waals surface area contributed by atoms with E-state index in [4.69, 9.17) is 0 Å². The predicted octanol–water partition coefficient (Wildman–Crippen LogP) is 0.589. The molecule has 1 aromatic carbocycles. The minimum atomic E-state index is -0.614. The molecule has 2 rings (SSSR count). The van der Waals surface area contributed by atoms with Gasteiger partial charge in [-0.05, 0) is 31.4 Å². The van der Waals surface area contributed by atoms with E-state index in [0.29, 0.717) is 19.5 Å². The van der Waals surface area contributed by atoms with E-state index in [9.17, 15) is 9.59 Å². The molecule has 0 spiro atoms. The Morgan fingerprint density at radius 3 is 2.62 bits per heavy atom. The molecule has 0 bridgehead atoms. The van der Waals surface area contributed by atoms with Gasteiger partial charge in [0.15, 0.2) is 0 Å². The number of fused-ring (bicyclic) bond motifs is 1. The maximum absolute atomic E-state index is 12.3. The van der Waals surface area contributed by atoms with Gasteiger partial charge in [0.1, 0.15) is 0 Å². The summed E-state index contributed by atoms with van der Waals surface area (Å²) in [5, 5.41) is 8.73. The van der Waals surface area contributed by atoms with Crippen LogP contribution < -0.4 is 16.0 Å². The molecule has 1 aliphatic rings. The first kappa shape index (κ1) is 15.5. The molecule has 0 aliphatic carbocycles. The molecule has 0 saturated heterocycles. The molecular weight excluding hydrogens is 266 g/mol. The number of rotatable bonds is 4. The lowest BCUT2D eigenvalue weighted by molar-refractivity contribution is -0.129. The van der Waals surface area contributed by atoms with Crippen LogP contribution in [0.3, 0.4) is 0 Å². The smallest absolute Gasteiger partial charge is 0.237 e. The molecule has 1 aromatic rings. The Hall–Kier alpha value is -1.88. The van der Waals surface area contributed by atoms with Gasteiger partial charge >= 0.3 is 0 Å². The maximum Gasteiger partial charge on any atom is 0.237 e. The average Bonchev–Trinajstić information content (AvgIpc) is 2.51. The first-order valence-corrected chi connectivity index (χ1v) is 7.24. The number of amides is 2. The summed E-state index contributed by atoms with van der Waals surface area (Å²) >= 11 is 0. The van der Waals surface area contributed by atoms with Gasteiger partial charge in [0.05, 0.1) is 11.5 Å². The number of hydrogen-bond donors (Lipinski definition) is 3. The molecule has 1 heterocycles. The second-order valence-corrected chi connectivity index (χ2v) is 6.09. The number of carbonyl (C=O) groups excluding carboxylic acids is 2. The van der Waals surface area contributed by atoms with E-state index >= 15 is 0 Å². The summed E-state index contributed by atoms with van der Waals surface area (Å²) in [5.74, 6) is -0.133. The summed E-state index contributed by atoms with van der Waals surface area (Å²) in [4.78, 5) is 24.0.